The Morgan fingerprint density at radius 2 is 2.08 bits per heavy atom. The van der Waals surface area contributed by atoms with Crippen molar-refractivity contribution in [2.75, 3.05) is 0 Å². The molecule has 0 fully saturated rings. The Hall–Kier alpha value is -0.530. The van der Waals surface area contributed by atoms with E-state index in [0.717, 1.165) is 13.2 Å². The zero-order valence-corrected chi connectivity index (χ0v) is 7.77. The van der Waals surface area contributed by atoms with Crippen molar-refractivity contribution >= 4 is 11.6 Å². The molecule has 0 aliphatic carbocycles. The van der Waals surface area contributed by atoms with Crippen molar-refractivity contribution in [3.63, 3.8) is 0 Å². The smallest absolute Gasteiger partial charge is 0.0725 e. The van der Waals surface area contributed by atoms with Crippen LogP contribution in [0.5, 0.6) is 0 Å². The summed E-state index contributed by atoms with van der Waals surface area (Å²) >= 11 is 5.96. The third-order valence-electron chi connectivity index (χ3n) is 2.20. The monoisotopic (exact) mass is 182 g/mol. The molecule has 1 nitrogen and oxygen atoms in total. The molecule has 1 heterocycles. The highest BCUT2D eigenvalue weighted by molar-refractivity contribution is 6.20. The lowest BCUT2D eigenvalue weighted by Crippen LogP contribution is -1.88. The van der Waals surface area contributed by atoms with Crippen LogP contribution in [0.25, 0.3) is 0 Å². The first-order valence-corrected chi connectivity index (χ1v) is 4.54. The van der Waals surface area contributed by atoms with Gasteiger partial charge in [0, 0.05) is 0 Å². The van der Waals surface area contributed by atoms with Crippen molar-refractivity contribution in [2.45, 2.75) is 25.5 Å². The number of rotatable bonds is 1. The van der Waals surface area contributed by atoms with Crippen molar-refractivity contribution in [2.24, 2.45) is 0 Å². The van der Waals surface area contributed by atoms with Crippen molar-refractivity contribution < 1.29 is 4.74 Å². The summed E-state index contributed by atoms with van der Waals surface area (Å²) in [6.07, 6.45) is 0. The Labute approximate surface area is 77.3 Å². The van der Waals surface area contributed by atoms with Gasteiger partial charge in [-0.1, -0.05) is 18.2 Å². The molecule has 0 aromatic heterocycles. The van der Waals surface area contributed by atoms with Crippen molar-refractivity contribution in [3.8, 4) is 0 Å². The molecule has 0 saturated heterocycles. The maximum atomic E-state index is 5.96. The normalized spacial score (nSPS) is 17.5. The first kappa shape index (κ1) is 8.09. The average Bonchev–Trinajstić information content (AvgIpc) is 2.49. The molecular weight excluding hydrogens is 172 g/mol. The maximum absolute atomic E-state index is 5.96. The molecule has 0 saturated carbocycles. The summed E-state index contributed by atoms with van der Waals surface area (Å²) in [5, 5.41) is 0.0934. The van der Waals surface area contributed by atoms with Crippen LogP contribution in [0, 0.1) is 0 Å². The number of hydrogen-bond donors (Lipinski definition) is 0. The summed E-state index contributed by atoms with van der Waals surface area (Å²) in [5.41, 5.74) is 3.77. The molecule has 0 N–H and O–H groups in total. The van der Waals surface area contributed by atoms with E-state index >= 15 is 0 Å². The Bertz CT molecular complexity index is 294. The second kappa shape index (κ2) is 3.08. The second-order valence-electron chi connectivity index (χ2n) is 3.14. The Morgan fingerprint density at radius 3 is 2.83 bits per heavy atom. The van der Waals surface area contributed by atoms with E-state index in [1.165, 1.54) is 16.7 Å². The van der Waals surface area contributed by atoms with Crippen LogP contribution in [0.3, 0.4) is 0 Å². The van der Waals surface area contributed by atoms with Gasteiger partial charge in [-0.2, -0.15) is 0 Å². The summed E-state index contributed by atoms with van der Waals surface area (Å²) in [6, 6.07) is 6.32. The highest BCUT2D eigenvalue weighted by Crippen LogP contribution is 2.26. The molecule has 1 atom stereocenters. The fraction of sp³-hybridized carbons (Fsp3) is 0.400. The minimum absolute atomic E-state index is 0.0934. The van der Waals surface area contributed by atoms with Crippen molar-refractivity contribution in [1.29, 1.82) is 0 Å². The maximum Gasteiger partial charge on any atom is 0.0725 e. The predicted molar refractivity (Wildman–Crippen MR) is 49.2 cm³/mol. The molecule has 2 rings (SSSR count). The lowest BCUT2D eigenvalue weighted by Gasteiger charge is -2.04. The van der Waals surface area contributed by atoms with Gasteiger partial charge in [-0.05, 0) is 23.6 Å². The number of ether oxygens (including phenoxy) is 1. The van der Waals surface area contributed by atoms with E-state index in [1.54, 1.807) is 0 Å². The number of alkyl halides is 1. The lowest BCUT2D eigenvalue weighted by molar-refractivity contribution is 0.134. The van der Waals surface area contributed by atoms with Crippen LogP contribution in [-0.2, 0) is 18.0 Å². The molecule has 12 heavy (non-hydrogen) atoms. The van der Waals surface area contributed by atoms with Gasteiger partial charge in [-0.25, -0.2) is 0 Å². The number of halogens is 1. The van der Waals surface area contributed by atoms with Crippen molar-refractivity contribution in [1.82, 2.24) is 0 Å². The van der Waals surface area contributed by atoms with Crippen LogP contribution in [0.15, 0.2) is 18.2 Å². The molecule has 1 aliphatic heterocycles. The summed E-state index contributed by atoms with van der Waals surface area (Å²) in [4.78, 5) is 0. The van der Waals surface area contributed by atoms with E-state index in [-0.39, 0.29) is 5.38 Å². The predicted octanol–water partition coefficient (Wildman–Crippen LogP) is 3.02. The van der Waals surface area contributed by atoms with E-state index < -0.39 is 0 Å². The van der Waals surface area contributed by atoms with Gasteiger partial charge in [0.2, 0.25) is 0 Å². The molecule has 0 amide bonds. The van der Waals surface area contributed by atoms with E-state index in [2.05, 4.69) is 18.2 Å². The number of benzene rings is 1. The van der Waals surface area contributed by atoms with Crippen LogP contribution < -0.4 is 0 Å². The Balaban J connectivity index is 2.39. The van der Waals surface area contributed by atoms with Gasteiger partial charge in [0.05, 0.1) is 18.6 Å². The topological polar surface area (TPSA) is 9.23 Å². The van der Waals surface area contributed by atoms with Crippen LogP contribution in [-0.4, -0.2) is 0 Å². The van der Waals surface area contributed by atoms with E-state index in [0.29, 0.717) is 0 Å². The van der Waals surface area contributed by atoms with Gasteiger partial charge in [-0.3, -0.25) is 0 Å². The van der Waals surface area contributed by atoms with Crippen LogP contribution >= 0.6 is 11.6 Å². The summed E-state index contributed by atoms with van der Waals surface area (Å²) in [5.74, 6) is 0. The van der Waals surface area contributed by atoms with Gasteiger partial charge in [0.15, 0.2) is 0 Å². The average molecular weight is 183 g/mol. The fourth-order valence-electron chi connectivity index (χ4n) is 1.44. The van der Waals surface area contributed by atoms with Gasteiger partial charge >= 0.3 is 0 Å². The zero-order chi connectivity index (χ0) is 8.55. The molecule has 2 heteroatoms. The third-order valence-corrected chi connectivity index (χ3v) is 2.46. The summed E-state index contributed by atoms with van der Waals surface area (Å²) < 4.78 is 5.31. The molecule has 1 aromatic carbocycles. The minimum Gasteiger partial charge on any atom is -0.372 e. The van der Waals surface area contributed by atoms with Crippen LogP contribution in [0.1, 0.15) is 29.0 Å². The number of hydrogen-bond acceptors (Lipinski definition) is 1. The SMILES string of the molecule is CC(Cl)c1ccc2c(c1)COC2. The minimum atomic E-state index is 0.0934. The zero-order valence-electron chi connectivity index (χ0n) is 7.01. The molecule has 64 valence electrons. The van der Waals surface area contributed by atoms with Gasteiger partial charge in [0.25, 0.3) is 0 Å². The Morgan fingerprint density at radius 1 is 1.33 bits per heavy atom. The summed E-state index contributed by atoms with van der Waals surface area (Å²) in [7, 11) is 0. The van der Waals surface area contributed by atoms with Crippen molar-refractivity contribution in [3.05, 3.63) is 34.9 Å². The van der Waals surface area contributed by atoms with Crippen LogP contribution in [0.4, 0.5) is 0 Å². The van der Waals surface area contributed by atoms with E-state index in [9.17, 15) is 0 Å². The molecule has 1 aliphatic rings. The highest BCUT2D eigenvalue weighted by atomic mass is 35.5. The molecule has 0 bridgehead atoms. The molecule has 1 unspecified atom stereocenters. The third kappa shape index (κ3) is 1.35. The van der Waals surface area contributed by atoms with Crippen LogP contribution in [0.2, 0.25) is 0 Å². The van der Waals surface area contributed by atoms with Gasteiger partial charge in [0.1, 0.15) is 0 Å². The van der Waals surface area contributed by atoms with E-state index in [4.69, 9.17) is 16.3 Å². The Kier molecular flexibility index (Phi) is 2.07. The summed E-state index contributed by atoms with van der Waals surface area (Å²) in [6.45, 7) is 3.48. The quantitative estimate of drug-likeness (QED) is 0.607. The number of fused-ring (bicyclic) bond motifs is 1. The first-order valence-electron chi connectivity index (χ1n) is 4.11. The molecule has 0 spiro atoms. The first-order chi connectivity index (χ1) is 5.77. The molecular formula is C10H11ClO. The van der Waals surface area contributed by atoms with Gasteiger partial charge in [-0.15, -0.1) is 11.6 Å². The largest absolute Gasteiger partial charge is 0.372 e. The standard InChI is InChI=1S/C10H11ClO/c1-7(11)8-2-3-9-5-12-6-10(9)4-8/h2-4,7H,5-6H2,1H3. The van der Waals surface area contributed by atoms with E-state index in [1.807, 2.05) is 6.92 Å². The second-order valence-corrected chi connectivity index (χ2v) is 3.79. The highest BCUT2D eigenvalue weighted by Gasteiger charge is 2.12. The lowest BCUT2D eigenvalue weighted by atomic mass is 10.1. The molecule has 1 aromatic rings. The van der Waals surface area contributed by atoms with Gasteiger partial charge < -0.3 is 4.74 Å². The fourth-order valence-corrected chi connectivity index (χ4v) is 1.58. The molecule has 0 radical (unpaired) electrons.